The fourth-order valence-corrected chi connectivity index (χ4v) is 2.37. The summed E-state index contributed by atoms with van der Waals surface area (Å²) in [7, 11) is 0. The van der Waals surface area contributed by atoms with Crippen molar-refractivity contribution in [3.63, 3.8) is 0 Å². The molecule has 0 fully saturated rings. The van der Waals surface area contributed by atoms with E-state index in [4.69, 9.17) is 11.6 Å². The first-order chi connectivity index (χ1) is 7.29. The van der Waals surface area contributed by atoms with E-state index in [1.807, 2.05) is 0 Å². The molecule has 2 heteroatoms. The summed E-state index contributed by atoms with van der Waals surface area (Å²) in [5.74, 6) is 0.673. The van der Waals surface area contributed by atoms with Crippen LogP contribution in [0.1, 0.15) is 29.5 Å². The van der Waals surface area contributed by atoms with Gasteiger partial charge in [-0.3, -0.25) is 4.79 Å². The van der Waals surface area contributed by atoms with Crippen LogP contribution in [0.25, 0.3) is 0 Å². The van der Waals surface area contributed by atoms with Gasteiger partial charge in [0, 0.05) is 18.7 Å². The molecule has 0 spiro atoms. The van der Waals surface area contributed by atoms with Crippen molar-refractivity contribution in [2.45, 2.75) is 32.1 Å². The number of hydrogen-bond donors (Lipinski definition) is 0. The fourth-order valence-electron chi connectivity index (χ4n) is 2.16. The monoisotopic (exact) mass is 222 g/mol. The first-order valence-electron chi connectivity index (χ1n) is 5.48. The molecule has 2 rings (SSSR count). The Bertz CT molecular complexity index is 371. The lowest BCUT2D eigenvalue weighted by molar-refractivity contribution is -0.118. The highest BCUT2D eigenvalue weighted by Crippen LogP contribution is 2.23. The van der Waals surface area contributed by atoms with Crippen LogP contribution in [0.3, 0.4) is 0 Å². The number of Topliss-reactive ketones (excluding diaryl/α,β-unsaturated/α-hetero) is 1. The smallest absolute Gasteiger partial charge is 0.138 e. The van der Waals surface area contributed by atoms with Crippen molar-refractivity contribution in [2.75, 3.05) is 5.88 Å². The van der Waals surface area contributed by atoms with E-state index in [-0.39, 0.29) is 5.78 Å². The summed E-state index contributed by atoms with van der Waals surface area (Å²) in [4.78, 5) is 11.4. The highest BCUT2D eigenvalue weighted by Gasteiger charge is 2.11. The van der Waals surface area contributed by atoms with E-state index in [1.165, 1.54) is 30.4 Å². The minimum absolute atomic E-state index is 0.239. The number of fused-ring (bicyclic) bond motifs is 1. The van der Waals surface area contributed by atoms with E-state index in [1.54, 1.807) is 0 Å². The van der Waals surface area contributed by atoms with Crippen molar-refractivity contribution < 1.29 is 4.79 Å². The SMILES string of the molecule is O=C(CCCl)Cc1ccc2c(c1)CCC2. The van der Waals surface area contributed by atoms with Crippen molar-refractivity contribution in [2.24, 2.45) is 0 Å². The Morgan fingerprint density at radius 1 is 1.27 bits per heavy atom. The van der Waals surface area contributed by atoms with Gasteiger partial charge in [0.15, 0.2) is 0 Å². The van der Waals surface area contributed by atoms with Gasteiger partial charge in [0.2, 0.25) is 0 Å². The molecule has 0 unspecified atom stereocenters. The van der Waals surface area contributed by atoms with Gasteiger partial charge >= 0.3 is 0 Å². The second-order valence-electron chi connectivity index (χ2n) is 4.11. The molecule has 0 N–H and O–H groups in total. The number of carbonyl (C=O) groups excluding carboxylic acids is 1. The molecule has 1 aromatic rings. The van der Waals surface area contributed by atoms with Gasteiger partial charge in [-0.25, -0.2) is 0 Å². The van der Waals surface area contributed by atoms with Crippen molar-refractivity contribution in [3.05, 3.63) is 34.9 Å². The number of ketones is 1. The number of carbonyl (C=O) groups is 1. The average Bonchev–Trinajstić information content (AvgIpc) is 2.65. The highest BCUT2D eigenvalue weighted by molar-refractivity contribution is 6.19. The van der Waals surface area contributed by atoms with Crippen molar-refractivity contribution in [1.82, 2.24) is 0 Å². The van der Waals surface area contributed by atoms with Gasteiger partial charge < -0.3 is 0 Å². The molecule has 1 aromatic carbocycles. The van der Waals surface area contributed by atoms with E-state index in [0.717, 1.165) is 5.56 Å². The molecule has 80 valence electrons. The fraction of sp³-hybridized carbons (Fsp3) is 0.462. The van der Waals surface area contributed by atoms with Gasteiger partial charge in [-0.15, -0.1) is 11.6 Å². The summed E-state index contributed by atoms with van der Waals surface area (Å²) in [6.45, 7) is 0. The maximum absolute atomic E-state index is 11.4. The van der Waals surface area contributed by atoms with Crippen LogP contribution in [-0.4, -0.2) is 11.7 Å². The number of hydrogen-bond acceptors (Lipinski definition) is 1. The van der Waals surface area contributed by atoms with Crippen LogP contribution in [-0.2, 0) is 24.1 Å². The van der Waals surface area contributed by atoms with E-state index >= 15 is 0 Å². The van der Waals surface area contributed by atoms with Gasteiger partial charge in [-0.05, 0) is 36.0 Å². The quantitative estimate of drug-likeness (QED) is 0.716. The lowest BCUT2D eigenvalue weighted by Gasteiger charge is -2.03. The Hall–Kier alpha value is -0.820. The maximum atomic E-state index is 11.4. The number of rotatable bonds is 4. The summed E-state index contributed by atoms with van der Waals surface area (Å²) in [5, 5.41) is 0. The zero-order valence-corrected chi connectivity index (χ0v) is 9.52. The Labute approximate surface area is 95.4 Å². The first kappa shape index (κ1) is 10.7. The lowest BCUT2D eigenvalue weighted by atomic mass is 10.0. The molecule has 0 amide bonds. The second-order valence-corrected chi connectivity index (χ2v) is 4.49. The Morgan fingerprint density at radius 2 is 2.07 bits per heavy atom. The minimum Gasteiger partial charge on any atom is -0.299 e. The first-order valence-corrected chi connectivity index (χ1v) is 6.01. The minimum atomic E-state index is 0.239. The van der Waals surface area contributed by atoms with Crippen LogP contribution >= 0.6 is 11.6 Å². The number of benzene rings is 1. The number of halogens is 1. The number of alkyl halides is 1. The van der Waals surface area contributed by atoms with E-state index in [0.29, 0.717) is 18.7 Å². The molecule has 0 bridgehead atoms. The molecular formula is C13H15ClO. The third-order valence-electron chi connectivity index (χ3n) is 2.94. The maximum Gasteiger partial charge on any atom is 0.138 e. The molecule has 1 aliphatic carbocycles. The van der Waals surface area contributed by atoms with Crippen LogP contribution in [0.2, 0.25) is 0 Å². The Morgan fingerprint density at radius 3 is 2.87 bits per heavy atom. The highest BCUT2D eigenvalue weighted by atomic mass is 35.5. The average molecular weight is 223 g/mol. The Balaban J connectivity index is 2.06. The van der Waals surface area contributed by atoms with Crippen molar-refractivity contribution in [1.29, 1.82) is 0 Å². The molecule has 1 aliphatic rings. The van der Waals surface area contributed by atoms with Gasteiger partial charge in [-0.2, -0.15) is 0 Å². The third-order valence-corrected chi connectivity index (χ3v) is 3.13. The summed E-state index contributed by atoms with van der Waals surface area (Å²) in [6, 6.07) is 6.44. The van der Waals surface area contributed by atoms with Crippen LogP contribution in [0, 0.1) is 0 Å². The van der Waals surface area contributed by atoms with Crippen LogP contribution < -0.4 is 0 Å². The third kappa shape index (κ3) is 2.60. The molecule has 1 nitrogen and oxygen atoms in total. The molecular weight excluding hydrogens is 208 g/mol. The van der Waals surface area contributed by atoms with Crippen molar-refractivity contribution >= 4 is 17.4 Å². The van der Waals surface area contributed by atoms with E-state index in [9.17, 15) is 4.79 Å². The largest absolute Gasteiger partial charge is 0.299 e. The van der Waals surface area contributed by atoms with E-state index in [2.05, 4.69) is 18.2 Å². The van der Waals surface area contributed by atoms with E-state index < -0.39 is 0 Å². The molecule has 0 aromatic heterocycles. The van der Waals surface area contributed by atoms with Gasteiger partial charge in [0.1, 0.15) is 5.78 Å². The number of aryl methyl sites for hydroxylation is 2. The molecule has 0 heterocycles. The topological polar surface area (TPSA) is 17.1 Å². The molecule has 0 radical (unpaired) electrons. The second kappa shape index (κ2) is 4.80. The molecule has 0 aliphatic heterocycles. The lowest BCUT2D eigenvalue weighted by Crippen LogP contribution is -2.03. The zero-order valence-electron chi connectivity index (χ0n) is 8.76. The molecule has 0 saturated carbocycles. The van der Waals surface area contributed by atoms with Gasteiger partial charge in [0.25, 0.3) is 0 Å². The van der Waals surface area contributed by atoms with Gasteiger partial charge in [-0.1, -0.05) is 18.2 Å². The van der Waals surface area contributed by atoms with Crippen LogP contribution in [0.4, 0.5) is 0 Å². The predicted molar refractivity (Wildman–Crippen MR) is 62.5 cm³/mol. The predicted octanol–water partition coefficient (Wildman–Crippen LogP) is 2.92. The summed E-state index contributed by atoms with van der Waals surface area (Å²) in [6.07, 6.45) is 4.66. The summed E-state index contributed by atoms with van der Waals surface area (Å²) < 4.78 is 0. The summed E-state index contributed by atoms with van der Waals surface area (Å²) >= 11 is 5.54. The Kier molecular flexibility index (Phi) is 3.42. The molecule has 0 atom stereocenters. The normalized spacial score (nSPS) is 13.9. The summed E-state index contributed by atoms with van der Waals surface area (Å²) in [5.41, 5.74) is 4.04. The van der Waals surface area contributed by atoms with Crippen LogP contribution in [0.5, 0.6) is 0 Å². The molecule has 15 heavy (non-hydrogen) atoms. The van der Waals surface area contributed by atoms with Crippen molar-refractivity contribution in [3.8, 4) is 0 Å². The van der Waals surface area contributed by atoms with Crippen LogP contribution in [0.15, 0.2) is 18.2 Å². The standard InChI is InChI=1S/C13H15ClO/c14-7-6-13(15)9-10-4-5-11-2-1-3-12(11)8-10/h4-5,8H,1-3,6-7,9H2. The molecule has 0 saturated heterocycles. The van der Waals surface area contributed by atoms with Gasteiger partial charge in [0.05, 0.1) is 0 Å². The zero-order chi connectivity index (χ0) is 10.7.